The van der Waals surface area contributed by atoms with Crippen molar-refractivity contribution in [3.05, 3.63) is 82.4 Å². The number of carbonyl (C=O) groups is 2. The largest absolute Gasteiger partial charge is 0.492 e. The fraction of sp³-hybridized carbons (Fsp3) is 0.125. The Balaban J connectivity index is 1.29. The second-order valence-corrected chi connectivity index (χ2v) is 8.55. The molecular formula is C24H20ClN3O4S. The molecule has 1 aromatic heterocycles. The number of hydrogen-bond acceptors (Lipinski definition) is 7. The van der Waals surface area contributed by atoms with Crippen molar-refractivity contribution in [3.8, 4) is 17.2 Å². The van der Waals surface area contributed by atoms with E-state index in [1.54, 1.807) is 30.5 Å². The highest BCUT2D eigenvalue weighted by molar-refractivity contribution is 8.18. The highest BCUT2D eigenvalue weighted by Crippen LogP contribution is 2.27. The zero-order valence-electron chi connectivity index (χ0n) is 17.7. The predicted molar refractivity (Wildman–Crippen MR) is 130 cm³/mol. The van der Waals surface area contributed by atoms with E-state index in [4.69, 9.17) is 21.1 Å². The molecule has 9 heteroatoms. The minimum atomic E-state index is -0.371. The van der Waals surface area contributed by atoms with Crippen LogP contribution in [0.2, 0.25) is 5.02 Å². The first kappa shape index (κ1) is 22.7. The van der Waals surface area contributed by atoms with Crippen LogP contribution in [0.25, 0.3) is 6.08 Å². The third-order valence-corrected chi connectivity index (χ3v) is 5.74. The maximum atomic E-state index is 11.6. The fourth-order valence-electron chi connectivity index (χ4n) is 2.96. The number of amides is 2. The van der Waals surface area contributed by atoms with Crippen molar-refractivity contribution in [2.75, 3.05) is 25.1 Å². The molecule has 0 bridgehead atoms. The molecule has 1 aliphatic rings. The Bertz CT molecular complexity index is 1180. The average Bonchev–Trinajstić information content (AvgIpc) is 3.13. The minimum absolute atomic E-state index is 0.355. The van der Waals surface area contributed by atoms with Gasteiger partial charge in [0.1, 0.15) is 29.7 Å². The molecule has 4 rings (SSSR count). The van der Waals surface area contributed by atoms with Gasteiger partial charge in [-0.15, -0.1) is 0 Å². The zero-order valence-corrected chi connectivity index (χ0v) is 19.2. The van der Waals surface area contributed by atoms with Crippen molar-refractivity contribution >= 4 is 46.4 Å². The summed E-state index contributed by atoms with van der Waals surface area (Å²) < 4.78 is 11.7. The Labute approximate surface area is 200 Å². The maximum absolute atomic E-state index is 11.6. The van der Waals surface area contributed by atoms with Crippen LogP contribution in [0.3, 0.4) is 0 Å². The van der Waals surface area contributed by atoms with Gasteiger partial charge in [-0.25, -0.2) is 4.98 Å². The smallest absolute Gasteiger partial charge is 0.290 e. The van der Waals surface area contributed by atoms with Gasteiger partial charge in [-0.1, -0.05) is 23.7 Å². The number of nitrogens with zero attached hydrogens (tertiary/aromatic N) is 2. The van der Waals surface area contributed by atoms with E-state index in [2.05, 4.69) is 10.3 Å². The summed E-state index contributed by atoms with van der Waals surface area (Å²) in [5, 5.41) is 2.54. The molecule has 2 heterocycles. The van der Waals surface area contributed by atoms with Gasteiger partial charge in [0, 0.05) is 24.3 Å². The van der Waals surface area contributed by atoms with Gasteiger partial charge in [0.25, 0.3) is 11.1 Å². The number of thioether (sulfide) groups is 1. The van der Waals surface area contributed by atoms with Crippen molar-refractivity contribution in [2.45, 2.75) is 0 Å². The van der Waals surface area contributed by atoms with E-state index in [0.717, 1.165) is 23.1 Å². The molecule has 168 valence electrons. The summed E-state index contributed by atoms with van der Waals surface area (Å²) >= 11 is 6.81. The second kappa shape index (κ2) is 10.4. The molecule has 0 atom stereocenters. The van der Waals surface area contributed by atoms with Gasteiger partial charge in [0.15, 0.2) is 0 Å². The van der Waals surface area contributed by atoms with Gasteiger partial charge in [-0.05, 0) is 65.9 Å². The summed E-state index contributed by atoms with van der Waals surface area (Å²) in [5.41, 5.74) is 0.813. The summed E-state index contributed by atoms with van der Waals surface area (Å²) in [5.74, 6) is 2.47. The number of halogens is 1. The van der Waals surface area contributed by atoms with Crippen molar-refractivity contribution < 1.29 is 19.1 Å². The lowest BCUT2D eigenvalue weighted by molar-refractivity contribution is -0.115. The molecule has 33 heavy (non-hydrogen) atoms. The number of benzene rings is 2. The first-order valence-electron chi connectivity index (χ1n) is 10.0. The monoisotopic (exact) mass is 481 g/mol. The molecule has 1 fully saturated rings. The van der Waals surface area contributed by atoms with Crippen molar-refractivity contribution in [2.24, 2.45) is 0 Å². The zero-order chi connectivity index (χ0) is 23.2. The Kier molecular flexibility index (Phi) is 7.16. The summed E-state index contributed by atoms with van der Waals surface area (Å²) in [7, 11) is 1.93. The lowest BCUT2D eigenvalue weighted by atomic mass is 10.2. The molecule has 0 spiro atoms. The minimum Gasteiger partial charge on any atom is -0.492 e. The Hall–Kier alpha value is -3.49. The Morgan fingerprint density at radius 3 is 2.45 bits per heavy atom. The molecule has 3 aromatic rings. The first-order valence-corrected chi connectivity index (χ1v) is 11.2. The third kappa shape index (κ3) is 6.27. The number of hydrogen-bond donors (Lipinski definition) is 1. The molecule has 7 nitrogen and oxygen atoms in total. The molecule has 1 aliphatic heterocycles. The number of anilines is 1. The Morgan fingerprint density at radius 2 is 1.76 bits per heavy atom. The number of aromatic nitrogens is 1. The third-order valence-electron chi connectivity index (χ3n) is 4.67. The number of ether oxygens (including phenoxy) is 2. The van der Waals surface area contributed by atoms with Crippen LogP contribution in [-0.4, -0.2) is 36.3 Å². The Morgan fingerprint density at radius 1 is 1.03 bits per heavy atom. The van der Waals surface area contributed by atoms with Gasteiger partial charge in [0.2, 0.25) is 0 Å². The van der Waals surface area contributed by atoms with Crippen LogP contribution in [0.4, 0.5) is 10.6 Å². The summed E-state index contributed by atoms with van der Waals surface area (Å²) in [6.45, 7) is 1.07. The van der Waals surface area contributed by atoms with E-state index >= 15 is 0 Å². The van der Waals surface area contributed by atoms with Crippen LogP contribution in [0.15, 0.2) is 71.8 Å². The van der Waals surface area contributed by atoms with Crippen molar-refractivity contribution in [1.29, 1.82) is 0 Å². The van der Waals surface area contributed by atoms with E-state index in [-0.39, 0.29) is 11.1 Å². The maximum Gasteiger partial charge on any atom is 0.290 e. The van der Waals surface area contributed by atoms with Gasteiger partial charge in [-0.3, -0.25) is 14.9 Å². The number of likely N-dealkylation sites (N-methyl/N-ethyl adjacent to an activating group) is 1. The second-order valence-electron chi connectivity index (χ2n) is 7.10. The molecule has 1 N–H and O–H groups in total. The molecule has 2 amide bonds. The number of rotatable bonds is 8. The lowest BCUT2D eigenvalue weighted by Crippen LogP contribution is -2.24. The highest BCUT2D eigenvalue weighted by atomic mass is 35.5. The molecule has 0 radical (unpaired) electrons. The topological polar surface area (TPSA) is 80.8 Å². The quantitative estimate of drug-likeness (QED) is 0.433. The molecular weight excluding hydrogens is 462 g/mol. The van der Waals surface area contributed by atoms with E-state index < -0.39 is 0 Å². The summed E-state index contributed by atoms with van der Waals surface area (Å²) in [4.78, 5) is 29.6. The number of carbonyl (C=O) groups excluding carboxylic acids is 2. The molecule has 2 aromatic carbocycles. The average molecular weight is 482 g/mol. The van der Waals surface area contributed by atoms with Crippen LogP contribution in [0.1, 0.15) is 5.56 Å². The van der Waals surface area contributed by atoms with E-state index in [1.807, 2.05) is 54.4 Å². The lowest BCUT2D eigenvalue weighted by Gasteiger charge is -2.19. The number of pyridine rings is 1. The van der Waals surface area contributed by atoms with Crippen molar-refractivity contribution in [3.63, 3.8) is 0 Å². The van der Waals surface area contributed by atoms with Crippen LogP contribution in [-0.2, 0) is 4.79 Å². The molecule has 0 aliphatic carbocycles. The van der Waals surface area contributed by atoms with Gasteiger partial charge in [-0.2, -0.15) is 0 Å². The number of imide groups is 1. The van der Waals surface area contributed by atoms with Gasteiger partial charge >= 0.3 is 0 Å². The molecule has 1 saturated heterocycles. The molecule has 0 unspecified atom stereocenters. The molecule has 0 saturated carbocycles. The van der Waals surface area contributed by atoms with Crippen LogP contribution < -0.4 is 19.7 Å². The van der Waals surface area contributed by atoms with Crippen LogP contribution in [0, 0.1) is 0 Å². The van der Waals surface area contributed by atoms with Gasteiger partial charge < -0.3 is 14.4 Å². The standard InChI is InChI=1S/C24H20ClN3O4S/c1-28(22-15-20(10-11-26-22)32-19-8-4-17(25)5-9-19)12-13-31-18-6-2-16(3-7-18)14-21-23(29)27-24(30)33-21/h2-11,14-15H,12-13H2,1H3,(H,27,29,30)/b21-14-. The highest BCUT2D eigenvalue weighted by Gasteiger charge is 2.24. The summed E-state index contributed by atoms with van der Waals surface area (Å²) in [6, 6.07) is 18.1. The fourth-order valence-corrected chi connectivity index (χ4v) is 3.77. The number of nitrogens with one attached hydrogen (secondary N) is 1. The predicted octanol–water partition coefficient (Wildman–Crippen LogP) is 5.37. The SMILES string of the molecule is CN(CCOc1ccc(/C=C2\SC(=O)NC2=O)cc1)c1cc(Oc2ccc(Cl)cc2)ccn1. The first-order chi connectivity index (χ1) is 16.0. The summed E-state index contributed by atoms with van der Waals surface area (Å²) in [6.07, 6.45) is 3.37. The van der Waals surface area contributed by atoms with E-state index in [9.17, 15) is 9.59 Å². The van der Waals surface area contributed by atoms with Crippen molar-refractivity contribution in [1.82, 2.24) is 10.3 Å². The van der Waals surface area contributed by atoms with Gasteiger partial charge in [0.05, 0.1) is 11.4 Å². The normalized spacial score (nSPS) is 14.3. The van der Waals surface area contributed by atoms with Crippen LogP contribution >= 0.6 is 23.4 Å². The van der Waals surface area contributed by atoms with E-state index in [1.165, 1.54) is 0 Å². The van der Waals surface area contributed by atoms with E-state index in [0.29, 0.717) is 40.3 Å². The van der Waals surface area contributed by atoms with Crippen LogP contribution in [0.5, 0.6) is 17.2 Å².